The van der Waals surface area contributed by atoms with Gasteiger partial charge >= 0.3 is 40.2 Å². The molecule has 0 aliphatic carbocycles. The molecule has 5 aromatic heterocycles. The molecular formula is C108H60Br6Ir2N6. The van der Waals surface area contributed by atoms with Gasteiger partial charge in [0.05, 0.1) is 0 Å². The molecule has 0 atom stereocenters. The summed E-state index contributed by atoms with van der Waals surface area (Å²) < 4.78 is 5.51. The van der Waals surface area contributed by atoms with Crippen molar-refractivity contribution < 1.29 is 40.2 Å². The SMILES string of the molecule is Brc1cc(-c2ccccn2)[c-]cc1-c1ccccc1-c1cc(-c2ccccc2-c2c[c-]c(-c3ccccn3)cc2Br)cc(-c2ccccc2-c2c[c-]c(-c3cnc(-c4[c-]cc(-c5ccccc5-c5cc(-c6ccccc6-c6c[c-]c(-c7ccccn7)cc6Br)cc(-c6ccccc6-c6c[c-]c(-c7ccccn7)cc6Br)c5)c(Br)c4)cn3)cc2Br)c1.[Ir+3].[Ir+3]. The fraction of sp³-hybridized carbons (Fsp3) is 0. The van der Waals surface area contributed by atoms with Gasteiger partial charge in [-0.25, -0.2) is 0 Å². The zero-order chi connectivity index (χ0) is 81.2. The molecule has 0 radical (unpaired) electrons. The third-order valence-corrected chi connectivity index (χ3v) is 25.3. The largest absolute Gasteiger partial charge is 3.00 e. The zero-order valence-corrected chi connectivity index (χ0v) is 78.6. The Hall–Kier alpha value is -11.1. The van der Waals surface area contributed by atoms with E-state index >= 15 is 0 Å². The van der Waals surface area contributed by atoms with Gasteiger partial charge in [0, 0.05) is 48.6 Å². The van der Waals surface area contributed by atoms with E-state index in [9.17, 15) is 0 Å². The first-order valence-corrected chi connectivity index (χ1v) is 43.4. The Morgan fingerprint density at radius 1 is 0.164 bits per heavy atom. The van der Waals surface area contributed by atoms with Crippen LogP contribution in [0.1, 0.15) is 0 Å². The van der Waals surface area contributed by atoms with E-state index in [0.29, 0.717) is 11.4 Å². The van der Waals surface area contributed by atoms with Gasteiger partial charge in [-0.1, -0.05) is 383 Å². The van der Waals surface area contributed by atoms with E-state index in [2.05, 4.69) is 407 Å². The van der Waals surface area contributed by atoms with Crippen LogP contribution in [0.5, 0.6) is 0 Å². The van der Waals surface area contributed by atoms with Crippen LogP contribution >= 0.6 is 95.6 Å². The van der Waals surface area contributed by atoms with E-state index in [1.807, 2.05) is 110 Å². The molecule has 0 N–H and O–H groups in total. The molecule has 19 rings (SSSR count). The molecule has 0 fully saturated rings. The average Bonchev–Trinajstić information content (AvgIpc) is 0.763. The molecule has 5 heterocycles. The van der Waals surface area contributed by atoms with Crippen molar-refractivity contribution in [3.05, 3.63) is 428 Å². The molecule has 0 spiro atoms. The third-order valence-electron chi connectivity index (χ3n) is 21.4. The number of aromatic nitrogens is 6. The number of nitrogens with zero attached hydrogens (tertiary/aromatic N) is 6. The molecule has 0 unspecified atom stereocenters. The van der Waals surface area contributed by atoms with E-state index in [1.54, 1.807) is 0 Å². The van der Waals surface area contributed by atoms with Crippen molar-refractivity contribution >= 4 is 95.6 Å². The van der Waals surface area contributed by atoms with Crippen molar-refractivity contribution in [2.45, 2.75) is 0 Å². The van der Waals surface area contributed by atoms with Crippen molar-refractivity contribution in [2.75, 3.05) is 0 Å². The van der Waals surface area contributed by atoms with Gasteiger partial charge in [-0.05, 0) is 150 Å². The second-order valence-corrected chi connectivity index (χ2v) is 33.8. The molecule has 19 aromatic rings. The van der Waals surface area contributed by atoms with Crippen LogP contribution in [0, 0.1) is 36.4 Å². The standard InChI is InChI=1S/C108H60Br6N6.2Ir/c109-97-59-67(103-33-13-17-49-115-103)37-43-91(97)85-27-7-1-21-79(85)73-53-74(80-22-2-8-28-86(80)92-44-38-68(60-98(92)110)104-34-14-18-50-116-104)56-77(55-73)83-25-5-11-31-89(83)95-47-41-71(63-101(95)113)107-65-120-108(66-119-107)72-42-48-96(102(114)64-72)90-32-12-6-26-84(90)78-57-75(81-23-3-9-29-87(81)93-45-39-69(61-99(93)111)105-35-15-19-51-117-105)54-76(58-78)82-24-4-10-30-88(82)94-46-40-70(62-100(94)112)106-36-16-20-52-118-106;;/h1-36,43-66H;;/q-6;2*+3. The summed E-state index contributed by atoms with van der Waals surface area (Å²) in [6, 6.07) is 136. The maximum Gasteiger partial charge on any atom is 3.00 e. The first kappa shape index (κ1) is 83.2. The molecule has 0 aliphatic heterocycles. The minimum absolute atomic E-state index is 0. The second-order valence-electron chi connectivity index (χ2n) is 28.7. The predicted molar refractivity (Wildman–Crippen MR) is 510 cm³/mol. The Labute approximate surface area is 786 Å². The molecule has 0 saturated heterocycles. The van der Waals surface area contributed by atoms with Crippen molar-refractivity contribution in [2.24, 2.45) is 0 Å². The molecule has 0 saturated carbocycles. The van der Waals surface area contributed by atoms with Crippen LogP contribution in [0.3, 0.4) is 0 Å². The van der Waals surface area contributed by atoms with E-state index in [0.717, 1.165) is 217 Å². The number of pyridine rings is 4. The van der Waals surface area contributed by atoms with Crippen LogP contribution in [0.4, 0.5) is 0 Å². The maximum atomic E-state index is 5.06. The summed E-state index contributed by atoms with van der Waals surface area (Å²) in [4.78, 5) is 28.6. The normalized spacial score (nSPS) is 11.1. The molecule has 14 aromatic carbocycles. The van der Waals surface area contributed by atoms with Crippen LogP contribution in [0.15, 0.2) is 392 Å². The molecule has 122 heavy (non-hydrogen) atoms. The van der Waals surface area contributed by atoms with Crippen LogP contribution in [-0.2, 0) is 40.2 Å². The number of rotatable bonds is 18. The summed E-state index contributed by atoms with van der Waals surface area (Å²) >= 11 is 24.2. The van der Waals surface area contributed by atoms with Gasteiger partial charge in [0.2, 0.25) is 0 Å². The molecule has 0 aliphatic rings. The van der Waals surface area contributed by atoms with Crippen LogP contribution in [0.2, 0.25) is 0 Å². The Balaban J connectivity index is 0.00000529. The molecule has 0 amide bonds. The van der Waals surface area contributed by atoms with E-state index < -0.39 is 0 Å². The number of halogens is 6. The molecule has 6 nitrogen and oxygen atoms in total. The summed E-state index contributed by atoms with van der Waals surface area (Å²) in [6.45, 7) is 0. The number of hydrogen-bond donors (Lipinski definition) is 0. The Kier molecular flexibility index (Phi) is 25.5. The minimum Gasteiger partial charge on any atom is -0.311 e. The fourth-order valence-corrected chi connectivity index (χ4v) is 19.0. The topological polar surface area (TPSA) is 77.3 Å². The van der Waals surface area contributed by atoms with E-state index in [4.69, 9.17) is 9.97 Å². The van der Waals surface area contributed by atoms with Gasteiger partial charge in [0.1, 0.15) is 0 Å². The summed E-state index contributed by atoms with van der Waals surface area (Å²) in [5, 5.41) is 0. The smallest absolute Gasteiger partial charge is 0.311 e. The zero-order valence-electron chi connectivity index (χ0n) is 64.3. The van der Waals surface area contributed by atoms with E-state index in [1.165, 1.54) is 0 Å². The predicted octanol–water partition coefficient (Wildman–Crippen LogP) is 31.4. The minimum atomic E-state index is 0. The van der Waals surface area contributed by atoms with Crippen molar-refractivity contribution in [1.29, 1.82) is 0 Å². The Bertz CT molecular complexity index is 6400. The van der Waals surface area contributed by atoms with Gasteiger partial charge < -0.3 is 29.9 Å². The van der Waals surface area contributed by atoms with Crippen LogP contribution in [-0.4, -0.2) is 29.9 Å². The summed E-state index contributed by atoms with van der Waals surface area (Å²) in [5.74, 6) is 0. The van der Waals surface area contributed by atoms with Gasteiger partial charge in [0.15, 0.2) is 0 Å². The maximum absolute atomic E-state index is 5.06. The molecular weight excluding hydrogens is 2250 g/mol. The first-order chi connectivity index (χ1) is 59.0. The van der Waals surface area contributed by atoms with Crippen molar-refractivity contribution in [3.63, 3.8) is 0 Å². The van der Waals surface area contributed by atoms with Gasteiger partial charge in [-0.15, -0.1) is 143 Å². The number of benzene rings is 14. The van der Waals surface area contributed by atoms with Crippen LogP contribution in [0.25, 0.3) is 201 Å². The summed E-state index contributed by atoms with van der Waals surface area (Å²) in [5.41, 5.74) is 34.7. The molecule has 0 bridgehead atoms. The Morgan fingerprint density at radius 3 is 0.484 bits per heavy atom. The van der Waals surface area contributed by atoms with Crippen molar-refractivity contribution in [1.82, 2.24) is 29.9 Å². The quantitative estimate of drug-likeness (QED) is 0.0797. The molecule has 582 valence electrons. The summed E-state index contributed by atoms with van der Waals surface area (Å²) in [7, 11) is 0. The van der Waals surface area contributed by atoms with Gasteiger partial charge in [-0.2, -0.15) is 0 Å². The average molecular weight is 2310 g/mol. The first-order valence-electron chi connectivity index (χ1n) is 38.6. The van der Waals surface area contributed by atoms with E-state index in [-0.39, 0.29) is 40.2 Å². The molecule has 14 heteroatoms. The van der Waals surface area contributed by atoms with Gasteiger partial charge in [0.25, 0.3) is 0 Å². The van der Waals surface area contributed by atoms with Gasteiger partial charge in [-0.3, -0.25) is 0 Å². The summed E-state index contributed by atoms with van der Waals surface area (Å²) in [6.07, 6.45) is 10.9. The van der Waals surface area contributed by atoms with Crippen molar-refractivity contribution in [3.8, 4) is 201 Å². The third kappa shape index (κ3) is 17.3. The second kappa shape index (κ2) is 37.3. The Morgan fingerprint density at radius 2 is 0.328 bits per heavy atom. The fourth-order valence-electron chi connectivity index (χ4n) is 15.6. The van der Waals surface area contributed by atoms with Crippen LogP contribution < -0.4 is 0 Å². The monoisotopic (exact) mass is 2300 g/mol. The number of hydrogen-bond acceptors (Lipinski definition) is 6.